The summed E-state index contributed by atoms with van der Waals surface area (Å²) < 4.78 is 1.66. The number of aryl methyl sites for hydroxylation is 1. The van der Waals surface area contributed by atoms with E-state index in [1.54, 1.807) is 4.57 Å². The first-order valence-electron chi connectivity index (χ1n) is 8.06. The van der Waals surface area contributed by atoms with E-state index in [2.05, 4.69) is 11.1 Å². The molecular formula is C20H15N2O3-. The molecule has 3 aromatic rings. The highest BCUT2D eigenvalue weighted by molar-refractivity contribution is 5.92. The van der Waals surface area contributed by atoms with Crippen molar-refractivity contribution < 1.29 is 9.90 Å². The summed E-state index contributed by atoms with van der Waals surface area (Å²) in [6, 6.07) is 12.4. The van der Waals surface area contributed by atoms with Gasteiger partial charge in [0.25, 0.3) is 5.56 Å². The average molecular weight is 331 g/mol. The van der Waals surface area contributed by atoms with Gasteiger partial charge in [0.15, 0.2) is 0 Å². The highest BCUT2D eigenvalue weighted by atomic mass is 16.4. The van der Waals surface area contributed by atoms with Gasteiger partial charge >= 0.3 is 0 Å². The van der Waals surface area contributed by atoms with Gasteiger partial charge in [0, 0.05) is 6.54 Å². The van der Waals surface area contributed by atoms with Gasteiger partial charge in [0.1, 0.15) is 5.82 Å². The fourth-order valence-electron chi connectivity index (χ4n) is 3.24. The Balaban J connectivity index is 1.90. The van der Waals surface area contributed by atoms with Crippen LogP contribution in [-0.4, -0.2) is 15.5 Å². The van der Waals surface area contributed by atoms with Gasteiger partial charge in [-0.15, -0.1) is 0 Å². The predicted molar refractivity (Wildman–Crippen MR) is 94.0 cm³/mol. The minimum Gasteiger partial charge on any atom is -0.545 e. The Morgan fingerprint density at radius 1 is 1.24 bits per heavy atom. The van der Waals surface area contributed by atoms with Gasteiger partial charge in [0.2, 0.25) is 0 Å². The van der Waals surface area contributed by atoms with Crippen molar-refractivity contribution in [1.29, 1.82) is 0 Å². The van der Waals surface area contributed by atoms with Crippen molar-refractivity contribution >= 4 is 28.5 Å². The Labute approximate surface area is 143 Å². The van der Waals surface area contributed by atoms with Crippen LogP contribution in [-0.2, 0) is 6.54 Å². The van der Waals surface area contributed by atoms with E-state index in [9.17, 15) is 14.7 Å². The molecule has 0 N–H and O–H groups in total. The van der Waals surface area contributed by atoms with Crippen molar-refractivity contribution in [2.45, 2.75) is 19.9 Å². The fourth-order valence-corrected chi connectivity index (χ4v) is 3.24. The molecule has 0 spiro atoms. The van der Waals surface area contributed by atoms with Gasteiger partial charge < -0.3 is 9.90 Å². The molecule has 5 heteroatoms. The normalized spacial score (nSPS) is 14.8. The number of benzene rings is 2. The summed E-state index contributed by atoms with van der Waals surface area (Å²) in [5.74, 6) is -0.672. The molecule has 0 atom stereocenters. The minimum absolute atomic E-state index is 0.0200. The number of carboxylic acid groups (broad SMARTS) is 1. The number of aromatic carboxylic acids is 1. The molecule has 2 heterocycles. The third-order valence-electron chi connectivity index (χ3n) is 4.47. The van der Waals surface area contributed by atoms with Crippen molar-refractivity contribution in [2.24, 2.45) is 0 Å². The smallest absolute Gasteiger partial charge is 0.261 e. The van der Waals surface area contributed by atoms with Crippen LogP contribution < -0.4 is 10.7 Å². The Hall–Kier alpha value is -3.21. The van der Waals surface area contributed by atoms with Crippen molar-refractivity contribution in [3.8, 4) is 0 Å². The van der Waals surface area contributed by atoms with Crippen LogP contribution in [0.3, 0.4) is 0 Å². The highest BCUT2D eigenvalue weighted by Gasteiger charge is 2.21. The summed E-state index contributed by atoms with van der Waals surface area (Å²) in [6.45, 7) is 2.61. The number of hydrogen-bond donors (Lipinski definition) is 0. The number of carboxylic acids is 1. The van der Waals surface area contributed by atoms with Crippen LogP contribution in [0.15, 0.2) is 47.3 Å². The molecule has 25 heavy (non-hydrogen) atoms. The zero-order chi connectivity index (χ0) is 17.6. The number of carbonyl (C=O) groups is 1. The molecule has 1 aliphatic heterocycles. The molecule has 2 aromatic carbocycles. The van der Waals surface area contributed by atoms with Crippen molar-refractivity contribution in [2.75, 3.05) is 0 Å². The maximum absolute atomic E-state index is 12.7. The van der Waals surface area contributed by atoms with Crippen LogP contribution in [0.4, 0.5) is 0 Å². The molecule has 1 aliphatic rings. The summed E-state index contributed by atoms with van der Waals surface area (Å²) in [5.41, 5.74) is 3.46. The lowest BCUT2D eigenvalue weighted by Gasteiger charge is -2.08. The molecule has 0 saturated heterocycles. The second kappa shape index (κ2) is 5.70. The van der Waals surface area contributed by atoms with Crippen LogP contribution in [0.1, 0.15) is 33.7 Å². The third-order valence-corrected chi connectivity index (χ3v) is 4.47. The van der Waals surface area contributed by atoms with Gasteiger partial charge in [-0.05, 0) is 48.3 Å². The maximum atomic E-state index is 12.7. The maximum Gasteiger partial charge on any atom is 0.261 e. The zero-order valence-corrected chi connectivity index (χ0v) is 13.7. The van der Waals surface area contributed by atoms with Crippen LogP contribution in [0, 0.1) is 6.92 Å². The monoisotopic (exact) mass is 331 g/mol. The van der Waals surface area contributed by atoms with Gasteiger partial charge in [-0.2, -0.15) is 0 Å². The molecule has 0 unspecified atom stereocenters. The quantitative estimate of drug-likeness (QED) is 0.720. The Bertz CT molecular complexity index is 1110. The lowest BCUT2D eigenvalue weighted by atomic mass is 10.1. The number of fused-ring (bicyclic) bond motifs is 2. The van der Waals surface area contributed by atoms with Crippen molar-refractivity contribution in [3.63, 3.8) is 0 Å². The number of aromatic nitrogens is 2. The lowest BCUT2D eigenvalue weighted by molar-refractivity contribution is -0.255. The van der Waals surface area contributed by atoms with E-state index in [1.807, 2.05) is 31.2 Å². The zero-order valence-electron chi connectivity index (χ0n) is 13.7. The largest absolute Gasteiger partial charge is 0.545 e. The first-order valence-corrected chi connectivity index (χ1v) is 8.06. The fraction of sp³-hybridized carbons (Fsp3) is 0.150. The molecular weight excluding hydrogens is 316 g/mol. The van der Waals surface area contributed by atoms with Gasteiger partial charge in [-0.3, -0.25) is 9.36 Å². The summed E-state index contributed by atoms with van der Waals surface area (Å²) >= 11 is 0. The van der Waals surface area contributed by atoms with E-state index in [-0.39, 0.29) is 11.1 Å². The number of nitrogens with zero attached hydrogens (tertiary/aromatic N) is 2. The molecule has 124 valence electrons. The van der Waals surface area contributed by atoms with Crippen LogP contribution in [0.25, 0.3) is 22.6 Å². The second-order valence-corrected chi connectivity index (χ2v) is 6.25. The molecule has 4 rings (SSSR count). The van der Waals surface area contributed by atoms with E-state index in [0.29, 0.717) is 23.3 Å². The van der Waals surface area contributed by atoms with E-state index in [1.165, 1.54) is 18.2 Å². The highest BCUT2D eigenvalue weighted by Crippen LogP contribution is 2.27. The predicted octanol–water partition coefficient (Wildman–Crippen LogP) is 2.01. The van der Waals surface area contributed by atoms with Crippen LogP contribution >= 0.6 is 0 Å². The van der Waals surface area contributed by atoms with Crippen molar-refractivity contribution in [3.05, 3.63) is 75.3 Å². The average Bonchev–Trinajstić information content (AvgIpc) is 2.97. The summed E-state index contributed by atoms with van der Waals surface area (Å²) in [4.78, 5) is 28.3. The molecule has 0 bridgehead atoms. The van der Waals surface area contributed by atoms with Crippen molar-refractivity contribution in [1.82, 2.24) is 9.55 Å². The lowest BCUT2D eigenvalue weighted by Crippen LogP contribution is -2.23. The molecule has 0 saturated carbocycles. The Morgan fingerprint density at radius 3 is 2.84 bits per heavy atom. The third kappa shape index (κ3) is 2.63. The van der Waals surface area contributed by atoms with Crippen LogP contribution in [0.2, 0.25) is 0 Å². The van der Waals surface area contributed by atoms with Gasteiger partial charge in [-0.25, -0.2) is 4.98 Å². The van der Waals surface area contributed by atoms with Gasteiger partial charge in [-0.1, -0.05) is 35.9 Å². The number of rotatable bonds is 2. The summed E-state index contributed by atoms with van der Waals surface area (Å²) in [6.07, 6.45) is 2.76. The second-order valence-electron chi connectivity index (χ2n) is 6.25. The van der Waals surface area contributed by atoms with E-state index >= 15 is 0 Å². The SMILES string of the molecule is Cc1cccc(/C=C2\CCn3c2nc2cc(C(=O)[O-])ccc2c3=O)c1. The molecule has 0 radical (unpaired) electrons. The van der Waals surface area contributed by atoms with E-state index in [4.69, 9.17) is 0 Å². The molecule has 0 fully saturated rings. The van der Waals surface area contributed by atoms with E-state index in [0.717, 1.165) is 23.1 Å². The van der Waals surface area contributed by atoms with Crippen LogP contribution in [0.5, 0.6) is 0 Å². The first kappa shape index (κ1) is 15.3. The molecule has 1 aromatic heterocycles. The molecule has 5 nitrogen and oxygen atoms in total. The standard InChI is InChI=1S/C20H16N2O3/c1-12-3-2-4-13(9-12)10-14-7-8-22-18(14)21-17-11-15(20(24)25)5-6-16(17)19(22)23/h2-6,9-11H,7-8H2,1H3,(H,24,25)/p-1/b14-10+. The minimum atomic E-state index is -1.28. The summed E-state index contributed by atoms with van der Waals surface area (Å²) in [7, 11) is 0. The first-order chi connectivity index (χ1) is 12.0. The topological polar surface area (TPSA) is 75.0 Å². The van der Waals surface area contributed by atoms with Gasteiger partial charge in [0.05, 0.1) is 16.9 Å². The number of carbonyl (C=O) groups excluding carboxylic acids is 1. The van der Waals surface area contributed by atoms with E-state index < -0.39 is 5.97 Å². The molecule has 0 aliphatic carbocycles. The molecule has 0 amide bonds. The number of allylic oxidation sites excluding steroid dienone is 1. The Morgan fingerprint density at radius 2 is 2.08 bits per heavy atom. The number of hydrogen-bond acceptors (Lipinski definition) is 4. The summed E-state index contributed by atoms with van der Waals surface area (Å²) in [5, 5.41) is 11.5. The Kier molecular flexibility index (Phi) is 3.50.